The Labute approximate surface area is 201 Å². The van der Waals surface area contributed by atoms with Gasteiger partial charge in [-0.15, -0.1) is 11.8 Å². The van der Waals surface area contributed by atoms with Crippen LogP contribution in [0.4, 0.5) is 13.2 Å². The van der Waals surface area contributed by atoms with E-state index in [1.165, 1.54) is 17.2 Å². The van der Waals surface area contributed by atoms with Crippen molar-refractivity contribution in [2.24, 2.45) is 0 Å². The molecule has 0 spiro atoms. The first-order valence-electron chi connectivity index (χ1n) is 11.0. The van der Waals surface area contributed by atoms with Gasteiger partial charge in [0, 0.05) is 36.9 Å². The van der Waals surface area contributed by atoms with Gasteiger partial charge >= 0.3 is 6.18 Å². The third kappa shape index (κ3) is 7.56. The fourth-order valence-electron chi connectivity index (χ4n) is 3.26. The van der Waals surface area contributed by atoms with E-state index in [2.05, 4.69) is 22.2 Å². The predicted octanol–water partition coefficient (Wildman–Crippen LogP) is 5.56. The second-order valence-corrected chi connectivity index (χ2v) is 8.99. The Hall–Kier alpha value is -2.91. The number of hydrogen-bond acceptors (Lipinski definition) is 5. The van der Waals surface area contributed by atoms with Crippen molar-refractivity contribution in [3.63, 3.8) is 0 Å². The van der Waals surface area contributed by atoms with Gasteiger partial charge in [-0.25, -0.2) is 0 Å². The number of pyridine rings is 2. The topological polar surface area (TPSA) is 58.1 Å². The van der Waals surface area contributed by atoms with E-state index >= 15 is 0 Å². The molecule has 0 aliphatic heterocycles. The number of nitrogens with one attached hydrogen (secondary N) is 1. The highest BCUT2D eigenvalue weighted by atomic mass is 32.2. The van der Waals surface area contributed by atoms with Crippen molar-refractivity contribution in [3.05, 3.63) is 89.0 Å². The fraction of sp³-hybridized carbons (Fsp3) is 0.320. The molecule has 0 aliphatic rings. The maximum absolute atomic E-state index is 12.7. The molecule has 180 valence electrons. The zero-order chi connectivity index (χ0) is 24.6. The van der Waals surface area contributed by atoms with E-state index in [1.54, 1.807) is 30.1 Å². The number of benzene rings is 1. The molecule has 2 heterocycles. The lowest BCUT2D eigenvalue weighted by Gasteiger charge is -2.20. The molecule has 1 amide bonds. The lowest BCUT2D eigenvalue weighted by molar-refractivity contribution is -0.141. The third-order valence-electron chi connectivity index (χ3n) is 5.13. The minimum absolute atomic E-state index is 0.200. The van der Waals surface area contributed by atoms with Gasteiger partial charge in [-0.2, -0.15) is 13.2 Å². The minimum Gasteiger partial charge on any atom is -0.348 e. The number of hydrogen-bond donors (Lipinski definition) is 1. The van der Waals surface area contributed by atoms with E-state index in [9.17, 15) is 18.0 Å². The third-order valence-corrected chi connectivity index (χ3v) is 6.02. The first-order chi connectivity index (χ1) is 16.3. The normalized spacial score (nSPS) is 11.6. The summed E-state index contributed by atoms with van der Waals surface area (Å²) in [6.45, 7) is 6.13. The molecule has 1 aromatic carbocycles. The van der Waals surface area contributed by atoms with Gasteiger partial charge in [0.25, 0.3) is 5.91 Å². The Morgan fingerprint density at radius 2 is 1.68 bits per heavy atom. The van der Waals surface area contributed by atoms with E-state index in [1.807, 2.05) is 36.1 Å². The molecule has 2 aromatic heterocycles. The number of halogens is 3. The first kappa shape index (κ1) is 25.7. The Balaban J connectivity index is 1.52. The zero-order valence-electron chi connectivity index (χ0n) is 19.1. The van der Waals surface area contributed by atoms with E-state index < -0.39 is 11.9 Å². The van der Waals surface area contributed by atoms with Crippen LogP contribution in [0, 0.1) is 0 Å². The number of thioether (sulfide) groups is 1. The second-order valence-electron chi connectivity index (χ2n) is 7.65. The van der Waals surface area contributed by atoms with Gasteiger partial charge < -0.3 is 5.32 Å². The van der Waals surface area contributed by atoms with Crippen molar-refractivity contribution in [2.45, 2.75) is 44.6 Å². The molecule has 0 bridgehead atoms. The molecule has 0 atom stereocenters. The number of alkyl halides is 3. The SMILES string of the molecule is CCSc1ccc(CNC(=O)c2ccc(CN(CC)Cc3ccc(C(F)(F)F)nc3)nc2)cc1. The Morgan fingerprint density at radius 3 is 2.24 bits per heavy atom. The maximum Gasteiger partial charge on any atom is 0.433 e. The summed E-state index contributed by atoms with van der Waals surface area (Å²) < 4.78 is 38.1. The highest BCUT2D eigenvalue weighted by Gasteiger charge is 2.32. The lowest BCUT2D eigenvalue weighted by atomic mass is 10.2. The largest absolute Gasteiger partial charge is 0.433 e. The number of nitrogens with zero attached hydrogens (tertiary/aromatic N) is 3. The van der Waals surface area contributed by atoms with Crippen LogP contribution in [0.2, 0.25) is 0 Å². The van der Waals surface area contributed by atoms with Crippen LogP contribution >= 0.6 is 11.8 Å². The van der Waals surface area contributed by atoms with Crippen molar-refractivity contribution in [3.8, 4) is 0 Å². The Kier molecular flexibility index (Phi) is 9.06. The smallest absolute Gasteiger partial charge is 0.348 e. The quantitative estimate of drug-likeness (QED) is 0.379. The Bertz CT molecular complexity index is 1060. The van der Waals surface area contributed by atoms with Crippen molar-refractivity contribution in [2.75, 3.05) is 12.3 Å². The molecule has 1 N–H and O–H groups in total. The number of amides is 1. The summed E-state index contributed by atoms with van der Waals surface area (Å²) in [7, 11) is 0. The molecular weight excluding hydrogens is 461 g/mol. The summed E-state index contributed by atoms with van der Waals surface area (Å²) in [5.74, 6) is 0.815. The van der Waals surface area contributed by atoms with Gasteiger partial charge in [-0.05, 0) is 53.8 Å². The molecule has 3 aromatic rings. The summed E-state index contributed by atoms with van der Waals surface area (Å²) in [6.07, 6.45) is -1.65. The summed E-state index contributed by atoms with van der Waals surface area (Å²) in [6, 6.07) is 14.1. The molecule has 0 aliphatic carbocycles. The van der Waals surface area contributed by atoms with Gasteiger partial charge in [0.15, 0.2) is 0 Å². The molecule has 3 rings (SSSR count). The van der Waals surface area contributed by atoms with Gasteiger partial charge in [0.05, 0.1) is 11.3 Å². The number of aromatic nitrogens is 2. The molecule has 5 nitrogen and oxygen atoms in total. The molecule has 0 saturated carbocycles. The number of carbonyl (C=O) groups is 1. The number of rotatable bonds is 10. The zero-order valence-corrected chi connectivity index (χ0v) is 19.9. The molecule has 0 saturated heterocycles. The van der Waals surface area contributed by atoms with Crippen molar-refractivity contribution < 1.29 is 18.0 Å². The minimum atomic E-state index is -4.45. The highest BCUT2D eigenvalue weighted by molar-refractivity contribution is 7.99. The van der Waals surface area contributed by atoms with E-state index in [0.717, 1.165) is 23.1 Å². The lowest BCUT2D eigenvalue weighted by Crippen LogP contribution is -2.24. The van der Waals surface area contributed by atoms with Gasteiger partial charge in [0.1, 0.15) is 5.69 Å². The molecule has 0 fully saturated rings. The van der Waals surface area contributed by atoms with Gasteiger partial charge in [0.2, 0.25) is 0 Å². The Morgan fingerprint density at radius 1 is 0.941 bits per heavy atom. The molecule has 9 heteroatoms. The van der Waals surface area contributed by atoms with E-state index in [0.29, 0.717) is 37.3 Å². The summed E-state index contributed by atoms with van der Waals surface area (Å²) >= 11 is 1.77. The van der Waals surface area contributed by atoms with Crippen molar-refractivity contribution in [1.29, 1.82) is 0 Å². The van der Waals surface area contributed by atoms with Crippen LogP contribution in [-0.2, 0) is 25.8 Å². The van der Waals surface area contributed by atoms with Gasteiger partial charge in [-0.1, -0.05) is 32.0 Å². The van der Waals surface area contributed by atoms with Crippen LogP contribution < -0.4 is 5.32 Å². The second kappa shape index (κ2) is 12.0. The van der Waals surface area contributed by atoms with Crippen molar-refractivity contribution >= 4 is 17.7 Å². The van der Waals surface area contributed by atoms with Crippen LogP contribution in [-0.4, -0.2) is 33.1 Å². The van der Waals surface area contributed by atoms with Crippen LogP contribution in [0.5, 0.6) is 0 Å². The average Bonchev–Trinajstić information content (AvgIpc) is 2.83. The summed E-state index contributed by atoms with van der Waals surface area (Å²) in [5.41, 5.74) is 2.04. The summed E-state index contributed by atoms with van der Waals surface area (Å²) in [4.78, 5) is 23.6. The highest BCUT2D eigenvalue weighted by Crippen LogP contribution is 2.27. The maximum atomic E-state index is 12.7. The van der Waals surface area contributed by atoms with Crippen LogP contribution in [0.25, 0.3) is 0 Å². The van der Waals surface area contributed by atoms with Gasteiger partial charge in [-0.3, -0.25) is 19.7 Å². The number of carbonyl (C=O) groups excluding carboxylic acids is 1. The van der Waals surface area contributed by atoms with Crippen LogP contribution in [0.1, 0.15) is 46.7 Å². The van der Waals surface area contributed by atoms with Crippen LogP contribution in [0.3, 0.4) is 0 Å². The molecule has 0 unspecified atom stereocenters. The van der Waals surface area contributed by atoms with E-state index in [4.69, 9.17) is 0 Å². The average molecular weight is 489 g/mol. The fourth-order valence-corrected chi connectivity index (χ4v) is 3.92. The molecule has 0 radical (unpaired) electrons. The predicted molar refractivity (Wildman–Crippen MR) is 127 cm³/mol. The first-order valence-corrected chi connectivity index (χ1v) is 12.0. The van der Waals surface area contributed by atoms with Crippen LogP contribution in [0.15, 0.2) is 65.8 Å². The molecule has 34 heavy (non-hydrogen) atoms. The van der Waals surface area contributed by atoms with Crippen molar-refractivity contribution in [1.82, 2.24) is 20.2 Å². The summed E-state index contributed by atoms with van der Waals surface area (Å²) in [5, 5.41) is 2.90. The van der Waals surface area contributed by atoms with E-state index in [-0.39, 0.29) is 5.91 Å². The standard InChI is InChI=1S/C25H27F3N4OS/c1-3-32(16-19-7-12-23(30-14-19)25(26,27)28)17-21-9-8-20(15-29-21)24(33)31-13-18-5-10-22(11-6-18)34-4-2/h5-12,14-15H,3-4,13,16-17H2,1-2H3,(H,31,33). The molecular formula is C25H27F3N4OS. The monoisotopic (exact) mass is 488 g/mol.